The lowest BCUT2D eigenvalue weighted by atomic mass is 10.1. The van der Waals surface area contributed by atoms with Crippen LogP contribution in [0.4, 0.5) is 21.5 Å². The Morgan fingerprint density at radius 1 is 1.22 bits per heavy atom. The number of hydrogen-bond donors (Lipinski definition) is 1. The summed E-state index contributed by atoms with van der Waals surface area (Å²) in [4.78, 5) is 6.34. The lowest BCUT2D eigenvalue weighted by Crippen LogP contribution is -2.14. The molecule has 0 aliphatic heterocycles. The molecule has 0 radical (unpaired) electrons. The molecular formula is C18H21ClFN3. The minimum atomic E-state index is -0.285. The third-order valence-electron chi connectivity index (χ3n) is 3.58. The first-order valence-electron chi connectivity index (χ1n) is 7.48. The minimum absolute atomic E-state index is 0.285. The molecule has 1 N–H and O–H groups in total. The van der Waals surface area contributed by atoms with Crippen LogP contribution in [0.2, 0.25) is 5.02 Å². The van der Waals surface area contributed by atoms with Gasteiger partial charge in [0.25, 0.3) is 0 Å². The Bertz CT molecular complexity index is 728. The van der Waals surface area contributed by atoms with E-state index < -0.39 is 0 Å². The Morgan fingerprint density at radius 3 is 2.61 bits per heavy atom. The van der Waals surface area contributed by atoms with Crippen molar-refractivity contribution in [2.75, 3.05) is 18.9 Å². The average molecular weight is 334 g/mol. The lowest BCUT2D eigenvalue weighted by Gasteiger charge is -2.13. The smallest absolute Gasteiger partial charge is 0.146 e. The molecule has 0 saturated heterocycles. The molecule has 5 heteroatoms. The summed E-state index contributed by atoms with van der Waals surface area (Å²) in [6.45, 7) is 6.71. The highest BCUT2D eigenvalue weighted by Gasteiger charge is 2.08. The third kappa shape index (κ3) is 4.45. The van der Waals surface area contributed by atoms with Crippen LogP contribution in [0.25, 0.3) is 0 Å². The van der Waals surface area contributed by atoms with Crippen molar-refractivity contribution in [1.82, 2.24) is 4.90 Å². The summed E-state index contributed by atoms with van der Waals surface area (Å²) in [5, 5.41) is 3.61. The molecule has 122 valence electrons. The van der Waals surface area contributed by atoms with Crippen molar-refractivity contribution in [2.24, 2.45) is 4.99 Å². The fourth-order valence-electron chi connectivity index (χ4n) is 2.01. The fraction of sp³-hybridized carbons (Fsp3) is 0.278. The second-order valence-electron chi connectivity index (χ2n) is 5.54. The summed E-state index contributed by atoms with van der Waals surface area (Å²) in [5.74, 6) is -0.285. The number of rotatable bonds is 5. The van der Waals surface area contributed by atoms with Gasteiger partial charge in [-0.05, 0) is 56.2 Å². The Kier molecular flexibility index (Phi) is 5.61. The van der Waals surface area contributed by atoms with Crippen molar-refractivity contribution >= 4 is 35.0 Å². The lowest BCUT2D eigenvalue weighted by molar-refractivity contribution is 0.552. The minimum Gasteiger partial charge on any atom is -0.366 e. The van der Waals surface area contributed by atoms with Crippen LogP contribution in [0.5, 0.6) is 0 Å². The van der Waals surface area contributed by atoms with Crippen LogP contribution in [-0.2, 0) is 0 Å². The van der Waals surface area contributed by atoms with Crippen LogP contribution in [0.3, 0.4) is 0 Å². The highest BCUT2D eigenvalue weighted by atomic mass is 35.5. The summed E-state index contributed by atoms with van der Waals surface area (Å²) in [6.07, 6.45) is 1.74. The maximum Gasteiger partial charge on any atom is 0.146 e. The third-order valence-corrected chi connectivity index (χ3v) is 3.88. The van der Waals surface area contributed by atoms with Gasteiger partial charge < -0.3 is 10.2 Å². The summed E-state index contributed by atoms with van der Waals surface area (Å²) >= 11 is 6.29. The fourth-order valence-corrected chi connectivity index (χ4v) is 2.22. The molecule has 2 aromatic rings. The number of aliphatic imine (C=N–C) groups is 1. The van der Waals surface area contributed by atoms with E-state index in [4.69, 9.17) is 11.6 Å². The normalized spacial score (nSPS) is 11.0. The van der Waals surface area contributed by atoms with Gasteiger partial charge in [0.15, 0.2) is 0 Å². The van der Waals surface area contributed by atoms with Crippen molar-refractivity contribution < 1.29 is 4.39 Å². The molecule has 0 heterocycles. The Hall–Kier alpha value is -2.07. The first kappa shape index (κ1) is 17.3. The van der Waals surface area contributed by atoms with Crippen LogP contribution >= 0.6 is 11.6 Å². The molecule has 23 heavy (non-hydrogen) atoms. The van der Waals surface area contributed by atoms with E-state index >= 15 is 0 Å². The van der Waals surface area contributed by atoms with Crippen molar-refractivity contribution in [3.63, 3.8) is 0 Å². The SMILES string of the molecule is CCN(C)C=Nc1cc(C)c(Nc2ccc(C)cc2F)cc1Cl. The van der Waals surface area contributed by atoms with Crippen LogP contribution in [0, 0.1) is 19.7 Å². The van der Waals surface area contributed by atoms with Gasteiger partial charge in [0, 0.05) is 19.3 Å². The summed E-state index contributed by atoms with van der Waals surface area (Å²) in [7, 11) is 1.94. The summed E-state index contributed by atoms with van der Waals surface area (Å²) in [6, 6.07) is 8.74. The largest absolute Gasteiger partial charge is 0.366 e. The van der Waals surface area contributed by atoms with Gasteiger partial charge in [-0.3, -0.25) is 0 Å². The molecule has 0 saturated carbocycles. The number of halogens is 2. The summed E-state index contributed by atoms with van der Waals surface area (Å²) < 4.78 is 14.0. The quantitative estimate of drug-likeness (QED) is 0.582. The Morgan fingerprint density at radius 2 is 1.96 bits per heavy atom. The molecule has 0 aliphatic rings. The van der Waals surface area contributed by atoms with Gasteiger partial charge in [-0.15, -0.1) is 0 Å². The van der Waals surface area contributed by atoms with Crippen LogP contribution < -0.4 is 5.32 Å². The van der Waals surface area contributed by atoms with E-state index in [1.165, 1.54) is 6.07 Å². The second kappa shape index (κ2) is 7.47. The number of anilines is 2. The predicted octanol–water partition coefficient (Wildman–Crippen LogP) is 5.45. The van der Waals surface area contributed by atoms with E-state index in [2.05, 4.69) is 10.3 Å². The zero-order valence-corrected chi connectivity index (χ0v) is 14.6. The molecule has 2 aromatic carbocycles. The van der Waals surface area contributed by atoms with Gasteiger partial charge in [-0.2, -0.15) is 0 Å². The first-order chi connectivity index (χ1) is 10.9. The van der Waals surface area contributed by atoms with Crippen LogP contribution in [0.15, 0.2) is 35.3 Å². The zero-order chi connectivity index (χ0) is 17.0. The topological polar surface area (TPSA) is 27.6 Å². The monoisotopic (exact) mass is 333 g/mol. The van der Waals surface area contributed by atoms with Crippen molar-refractivity contribution in [3.05, 3.63) is 52.3 Å². The molecule has 0 bridgehead atoms. The average Bonchev–Trinajstić information content (AvgIpc) is 2.51. The highest BCUT2D eigenvalue weighted by molar-refractivity contribution is 6.33. The number of nitrogens with zero attached hydrogens (tertiary/aromatic N) is 2. The molecule has 0 aliphatic carbocycles. The van der Waals surface area contributed by atoms with Crippen molar-refractivity contribution in [2.45, 2.75) is 20.8 Å². The van der Waals surface area contributed by atoms with Gasteiger partial charge in [-0.1, -0.05) is 17.7 Å². The highest BCUT2D eigenvalue weighted by Crippen LogP contribution is 2.33. The van der Waals surface area contributed by atoms with Gasteiger partial charge in [-0.25, -0.2) is 9.38 Å². The Balaban J connectivity index is 2.27. The maximum atomic E-state index is 14.0. The van der Waals surface area contributed by atoms with Crippen molar-refractivity contribution in [3.8, 4) is 0 Å². The van der Waals surface area contributed by atoms with E-state index in [0.717, 1.165) is 23.4 Å². The maximum absolute atomic E-state index is 14.0. The number of benzene rings is 2. The van der Waals surface area contributed by atoms with E-state index in [1.807, 2.05) is 44.9 Å². The number of nitrogens with one attached hydrogen (secondary N) is 1. The summed E-state index contributed by atoms with van der Waals surface area (Å²) in [5.41, 5.74) is 3.71. The van der Waals surface area contributed by atoms with E-state index in [-0.39, 0.29) is 5.82 Å². The first-order valence-corrected chi connectivity index (χ1v) is 7.86. The van der Waals surface area contributed by atoms with E-state index in [9.17, 15) is 4.39 Å². The van der Waals surface area contributed by atoms with Crippen LogP contribution in [0.1, 0.15) is 18.1 Å². The second-order valence-corrected chi connectivity index (χ2v) is 5.95. The standard InChI is InChI=1S/C18H21ClFN3/c1-5-23(4)11-21-18-9-13(3)17(10-14(18)19)22-16-7-6-12(2)8-15(16)20/h6-11,22H,5H2,1-4H3. The van der Waals surface area contributed by atoms with Crippen LogP contribution in [-0.4, -0.2) is 24.8 Å². The number of hydrogen-bond acceptors (Lipinski definition) is 2. The molecule has 2 rings (SSSR count). The number of aryl methyl sites for hydroxylation is 2. The van der Waals surface area contributed by atoms with Crippen molar-refractivity contribution in [1.29, 1.82) is 0 Å². The zero-order valence-electron chi connectivity index (χ0n) is 13.8. The van der Waals surface area contributed by atoms with E-state index in [1.54, 1.807) is 18.5 Å². The van der Waals surface area contributed by atoms with Gasteiger partial charge in [0.1, 0.15) is 5.82 Å². The molecular weight excluding hydrogens is 313 g/mol. The molecule has 0 fully saturated rings. The van der Waals surface area contributed by atoms with E-state index in [0.29, 0.717) is 16.4 Å². The molecule has 0 atom stereocenters. The molecule has 0 aromatic heterocycles. The molecule has 0 amide bonds. The van der Waals surface area contributed by atoms with Gasteiger partial charge in [0.2, 0.25) is 0 Å². The molecule has 3 nitrogen and oxygen atoms in total. The van der Waals surface area contributed by atoms with Gasteiger partial charge in [0.05, 0.1) is 22.7 Å². The predicted molar refractivity (Wildman–Crippen MR) is 97.1 cm³/mol. The molecule has 0 spiro atoms. The molecule has 0 unspecified atom stereocenters. The Labute approximate surface area is 141 Å². The van der Waals surface area contributed by atoms with Gasteiger partial charge >= 0.3 is 0 Å².